The van der Waals surface area contributed by atoms with Crippen LogP contribution in [0.5, 0.6) is 5.75 Å². The maximum atomic E-state index is 12.5. The number of nitrogens with zero attached hydrogens (tertiary/aromatic N) is 2. The van der Waals surface area contributed by atoms with Gasteiger partial charge in [-0.2, -0.15) is 0 Å². The van der Waals surface area contributed by atoms with Gasteiger partial charge in [0.1, 0.15) is 23.9 Å². The Labute approximate surface area is 149 Å². The minimum absolute atomic E-state index is 0.114. The predicted octanol–water partition coefficient (Wildman–Crippen LogP) is 4.17. The van der Waals surface area contributed by atoms with Crippen LogP contribution < -0.4 is 10.1 Å². The van der Waals surface area contributed by atoms with E-state index >= 15 is 0 Å². The van der Waals surface area contributed by atoms with Crippen LogP contribution in [0, 0.1) is 13.8 Å². The summed E-state index contributed by atoms with van der Waals surface area (Å²) < 4.78 is 10.8. The molecule has 0 bridgehead atoms. The van der Waals surface area contributed by atoms with Gasteiger partial charge >= 0.3 is 0 Å². The molecule has 0 atom stereocenters. The molecule has 3 rings (SSSR count). The molecule has 128 valence electrons. The van der Waals surface area contributed by atoms with Gasteiger partial charge in [-0.3, -0.25) is 4.79 Å². The van der Waals surface area contributed by atoms with Crippen LogP contribution in [0.25, 0.3) is 0 Å². The fraction of sp³-hybridized carbons (Fsp3) is 0.167. The van der Waals surface area contributed by atoms with Crippen LogP contribution in [0.1, 0.15) is 27.4 Å². The van der Waals surface area contributed by atoms with Crippen LogP contribution in [-0.2, 0) is 6.61 Å². The number of para-hydroxylation sites is 1. The summed E-state index contributed by atoms with van der Waals surface area (Å²) in [7, 11) is 0. The quantitative estimate of drug-likeness (QED) is 0.741. The highest BCUT2D eigenvalue weighted by molar-refractivity contribution is 6.32. The number of nitrogens with one attached hydrogen (secondary N) is 1. The Morgan fingerprint density at radius 2 is 2.08 bits per heavy atom. The summed E-state index contributed by atoms with van der Waals surface area (Å²) in [5.41, 5.74) is 1.71. The highest BCUT2D eigenvalue weighted by Crippen LogP contribution is 2.25. The first-order valence-electron chi connectivity index (χ1n) is 7.61. The lowest BCUT2D eigenvalue weighted by Crippen LogP contribution is -2.16. The average Bonchev–Trinajstić information content (AvgIpc) is 2.95. The first-order valence-corrected chi connectivity index (χ1v) is 7.99. The third-order valence-electron chi connectivity index (χ3n) is 3.57. The van der Waals surface area contributed by atoms with E-state index in [0.717, 1.165) is 5.56 Å². The number of carbonyl (C=O) groups excluding carboxylic acids is 1. The molecule has 1 amide bonds. The minimum Gasteiger partial charge on any atom is -0.487 e. The fourth-order valence-electron chi connectivity index (χ4n) is 2.23. The Balaban J connectivity index is 1.77. The van der Waals surface area contributed by atoms with E-state index < -0.39 is 5.91 Å². The Bertz CT molecular complexity index is 908. The Morgan fingerprint density at radius 1 is 1.28 bits per heavy atom. The van der Waals surface area contributed by atoms with Gasteiger partial charge in [-0.25, -0.2) is 4.98 Å². The van der Waals surface area contributed by atoms with Gasteiger partial charge in [0.15, 0.2) is 5.69 Å². The van der Waals surface area contributed by atoms with Crippen LogP contribution in [0.4, 0.5) is 5.82 Å². The monoisotopic (exact) mass is 357 g/mol. The van der Waals surface area contributed by atoms with Crippen molar-refractivity contribution in [2.75, 3.05) is 5.32 Å². The molecular formula is C18H16ClN3O3. The number of carbonyl (C=O) groups is 1. The van der Waals surface area contributed by atoms with Crippen molar-refractivity contribution in [2.24, 2.45) is 0 Å². The van der Waals surface area contributed by atoms with Crippen molar-refractivity contribution in [2.45, 2.75) is 20.5 Å². The number of anilines is 1. The molecule has 0 saturated carbocycles. The summed E-state index contributed by atoms with van der Waals surface area (Å²) >= 11 is 6.08. The van der Waals surface area contributed by atoms with E-state index in [4.69, 9.17) is 20.9 Å². The maximum absolute atomic E-state index is 12.5. The average molecular weight is 358 g/mol. The van der Waals surface area contributed by atoms with Crippen molar-refractivity contribution in [3.05, 3.63) is 70.2 Å². The van der Waals surface area contributed by atoms with E-state index in [1.54, 1.807) is 31.3 Å². The third kappa shape index (κ3) is 3.97. The second-order valence-electron chi connectivity index (χ2n) is 5.46. The minimum atomic E-state index is -0.410. The van der Waals surface area contributed by atoms with Gasteiger partial charge in [0.05, 0.1) is 10.6 Å². The molecule has 1 N–H and O–H groups in total. The Kier molecular flexibility index (Phi) is 5.00. The van der Waals surface area contributed by atoms with E-state index in [0.29, 0.717) is 27.9 Å². The number of benzene rings is 1. The van der Waals surface area contributed by atoms with Gasteiger partial charge in [-0.05, 0) is 43.7 Å². The van der Waals surface area contributed by atoms with Crippen molar-refractivity contribution in [3.8, 4) is 5.75 Å². The number of aromatic nitrogens is 2. The molecule has 7 heteroatoms. The smallest absolute Gasteiger partial charge is 0.279 e. The molecule has 0 radical (unpaired) electrons. The molecule has 3 aromatic rings. The van der Waals surface area contributed by atoms with Gasteiger partial charge < -0.3 is 14.6 Å². The van der Waals surface area contributed by atoms with Crippen LogP contribution >= 0.6 is 11.6 Å². The van der Waals surface area contributed by atoms with Crippen molar-refractivity contribution < 1.29 is 14.1 Å². The number of halogens is 1. The van der Waals surface area contributed by atoms with Crippen molar-refractivity contribution >= 4 is 23.3 Å². The summed E-state index contributed by atoms with van der Waals surface area (Å²) in [5, 5.41) is 7.04. The lowest BCUT2D eigenvalue weighted by atomic mass is 10.2. The van der Waals surface area contributed by atoms with Crippen LogP contribution in [0.2, 0.25) is 5.02 Å². The Morgan fingerprint density at radius 3 is 2.84 bits per heavy atom. The molecule has 0 unspecified atom stereocenters. The summed E-state index contributed by atoms with van der Waals surface area (Å²) in [4.78, 5) is 16.6. The zero-order valence-electron chi connectivity index (χ0n) is 13.7. The van der Waals surface area contributed by atoms with Crippen molar-refractivity contribution in [1.29, 1.82) is 0 Å². The standard InChI is InChI=1S/C18H16ClN3O3/c1-11-7-8-20-16(9-11)21-18(23)17-13(12(2)25-22-17)10-24-15-6-4-3-5-14(15)19/h3-9H,10H2,1-2H3,(H,20,21,23). The molecule has 0 fully saturated rings. The van der Waals surface area contributed by atoms with Gasteiger partial charge in [0, 0.05) is 6.20 Å². The molecule has 2 heterocycles. The highest BCUT2D eigenvalue weighted by Gasteiger charge is 2.21. The van der Waals surface area contributed by atoms with Crippen LogP contribution in [-0.4, -0.2) is 16.0 Å². The van der Waals surface area contributed by atoms with Crippen LogP contribution in [0.3, 0.4) is 0 Å². The molecule has 25 heavy (non-hydrogen) atoms. The first kappa shape index (κ1) is 17.0. The zero-order chi connectivity index (χ0) is 17.8. The second kappa shape index (κ2) is 7.36. The molecule has 0 aliphatic rings. The fourth-order valence-corrected chi connectivity index (χ4v) is 2.42. The number of hydrogen-bond donors (Lipinski definition) is 1. The molecule has 0 saturated heterocycles. The van der Waals surface area contributed by atoms with E-state index in [1.165, 1.54) is 0 Å². The second-order valence-corrected chi connectivity index (χ2v) is 5.86. The van der Waals surface area contributed by atoms with E-state index in [9.17, 15) is 4.79 Å². The largest absolute Gasteiger partial charge is 0.487 e. The number of ether oxygens (including phenoxy) is 1. The summed E-state index contributed by atoms with van der Waals surface area (Å²) in [6.45, 7) is 3.75. The van der Waals surface area contributed by atoms with Crippen LogP contribution in [0.15, 0.2) is 47.1 Å². The van der Waals surface area contributed by atoms with E-state index in [1.807, 2.05) is 25.1 Å². The molecule has 1 aromatic carbocycles. The zero-order valence-corrected chi connectivity index (χ0v) is 14.5. The van der Waals surface area contributed by atoms with Gasteiger partial charge in [-0.15, -0.1) is 0 Å². The SMILES string of the molecule is Cc1ccnc(NC(=O)c2noc(C)c2COc2ccccc2Cl)c1. The number of rotatable bonds is 5. The van der Waals surface area contributed by atoms with Crippen molar-refractivity contribution in [1.82, 2.24) is 10.1 Å². The molecule has 6 nitrogen and oxygen atoms in total. The van der Waals surface area contributed by atoms with Crippen molar-refractivity contribution in [3.63, 3.8) is 0 Å². The predicted molar refractivity (Wildman–Crippen MR) is 94.0 cm³/mol. The topological polar surface area (TPSA) is 77.3 Å². The number of aryl methyl sites for hydroxylation is 2. The third-order valence-corrected chi connectivity index (χ3v) is 3.88. The van der Waals surface area contributed by atoms with Gasteiger partial charge in [0.2, 0.25) is 0 Å². The number of amides is 1. The highest BCUT2D eigenvalue weighted by atomic mass is 35.5. The number of hydrogen-bond acceptors (Lipinski definition) is 5. The summed E-state index contributed by atoms with van der Waals surface area (Å²) in [6.07, 6.45) is 1.63. The first-order chi connectivity index (χ1) is 12.0. The van der Waals surface area contributed by atoms with Gasteiger partial charge in [0.25, 0.3) is 5.91 Å². The maximum Gasteiger partial charge on any atom is 0.279 e. The van der Waals surface area contributed by atoms with E-state index in [-0.39, 0.29) is 12.3 Å². The molecule has 0 aliphatic heterocycles. The molecular weight excluding hydrogens is 342 g/mol. The van der Waals surface area contributed by atoms with Gasteiger partial charge in [-0.1, -0.05) is 28.9 Å². The number of pyridine rings is 1. The molecule has 0 aliphatic carbocycles. The lowest BCUT2D eigenvalue weighted by Gasteiger charge is -2.08. The summed E-state index contributed by atoms with van der Waals surface area (Å²) in [5.74, 6) is 1.07. The lowest BCUT2D eigenvalue weighted by molar-refractivity contribution is 0.101. The van der Waals surface area contributed by atoms with E-state index in [2.05, 4.69) is 15.5 Å². The normalized spacial score (nSPS) is 10.5. The summed E-state index contributed by atoms with van der Waals surface area (Å²) in [6, 6.07) is 10.7. The molecule has 2 aromatic heterocycles. The molecule has 0 spiro atoms. The Hall–Kier alpha value is -2.86.